The molecule has 2 rings (SSSR count). The fourth-order valence-electron chi connectivity index (χ4n) is 1.38. The van der Waals surface area contributed by atoms with Gasteiger partial charge in [0, 0.05) is 11.2 Å². The van der Waals surface area contributed by atoms with E-state index >= 15 is 0 Å². The van der Waals surface area contributed by atoms with Gasteiger partial charge in [0.15, 0.2) is 0 Å². The van der Waals surface area contributed by atoms with Crippen molar-refractivity contribution < 1.29 is 9.90 Å². The van der Waals surface area contributed by atoms with Crippen LogP contribution in [-0.2, 0) is 11.2 Å². The highest BCUT2D eigenvalue weighted by atomic mass is 16.4. The van der Waals surface area contributed by atoms with Gasteiger partial charge in [-0.05, 0) is 17.5 Å². The van der Waals surface area contributed by atoms with E-state index in [-0.39, 0.29) is 6.42 Å². The maximum Gasteiger partial charge on any atom is 0.309 e. The van der Waals surface area contributed by atoms with Crippen LogP contribution in [0.15, 0.2) is 30.3 Å². The Labute approximate surface area is 76.5 Å². The number of fused-ring (bicyclic) bond motifs is 1. The molecule has 0 aliphatic carbocycles. The van der Waals surface area contributed by atoms with Gasteiger partial charge in [-0.25, -0.2) is 0 Å². The third-order valence-electron chi connectivity index (χ3n) is 1.92. The number of carboxylic acids is 1. The van der Waals surface area contributed by atoms with Crippen molar-refractivity contribution in [3.63, 3.8) is 0 Å². The number of aromatic amines is 1. The molecule has 1 aromatic carbocycles. The third kappa shape index (κ3) is 1.54. The summed E-state index contributed by atoms with van der Waals surface area (Å²) in [5.41, 5.74) is 1.75. The van der Waals surface area contributed by atoms with Gasteiger partial charge >= 0.3 is 5.97 Å². The summed E-state index contributed by atoms with van der Waals surface area (Å²) in [7, 11) is 0. The molecule has 0 bridgehead atoms. The van der Waals surface area contributed by atoms with Gasteiger partial charge in [-0.2, -0.15) is 0 Å². The van der Waals surface area contributed by atoms with Gasteiger partial charge in [-0.1, -0.05) is 18.2 Å². The average molecular weight is 176 g/mol. The molecular formula is C10H9NO2. The second kappa shape index (κ2) is 2.94. The Bertz CT molecular complexity index is 431. The van der Waals surface area contributed by atoms with E-state index in [9.17, 15) is 4.79 Å². The van der Waals surface area contributed by atoms with Gasteiger partial charge in [0.1, 0.15) is 0 Å². The zero-order valence-corrected chi connectivity index (χ0v) is 6.91. The molecule has 0 aliphatic heterocycles. The second-order valence-corrected chi connectivity index (χ2v) is 2.93. The van der Waals surface area contributed by atoms with Crippen molar-refractivity contribution in [1.29, 1.82) is 1.43 Å². The Morgan fingerprint density at radius 1 is 1.54 bits per heavy atom. The van der Waals surface area contributed by atoms with E-state index in [4.69, 9.17) is 1.43 Å². The maximum atomic E-state index is 10.8. The molecular weight excluding hydrogens is 166 g/mol. The van der Waals surface area contributed by atoms with Crippen LogP contribution in [0, 0.1) is 0 Å². The molecule has 3 heteroatoms. The fourth-order valence-corrected chi connectivity index (χ4v) is 1.38. The van der Waals surface area contributed by atoms with E-state index in [1.165, 1.54) is 0 Å². The quantitative estimate of drug-likeness (QED) is 0.733. The van der Waals surface area contributed by atoms with Crippen molar-refractivity contribution in [1.82, 2.24) is 4.98 Å². The second-order valence-electron chi connectivity index (χ2n) is 2.93. The summed E-state index contributed by atoms with van der Waals surface area (Å²) in [6, 6.07) is 9.63. The van der Waals surface area contributed by atoms with E-state index in [0.29, 0.717) is 0 Å². The third-order valence-corrected chi connectivity index (χ3v) is 1.92. The molecule has 66 valence electrons. The van der Waals surface area contributed by atoms with Crippen LogP contribution in [0.1, 0.15) is 5.69 Å². The van der Waals surface area contributed by atoms with Gasteiger partial charge in [0.05, 0.1) is 6.42 Å². The first kappa shape index (κ1) is 6.71. The van der Waals surface area contributed by atoms with E-state index in [1.807, 2.05) is 30.3 Å². The summed E-state index contributed by atoms with van der Waals surface area (Å²) in [5, 5.41) is 4.90. The predicted molar refractivity (Wildman–Crippen MR) is 49.6 cm³/mol. The van der Waals surface area contributed by atoms with Crippen molar-refractivity contribution in [2.75, 3.05) is 0 Å². The Balaban J connectivity index is 2.31. The molecule has 0 atom stereocenters. The molecule has 2 aromatic rings. The van der Waals surface area contributed by atoms with E-state index in [1.54, 1.807) is 0 Å². The summed E-state index contributed by atoms with van der Waals surface area (Å²) < 4.78 is 6.43. The molecule has 0 aliphatic rings. The van der Waals surface area contributed by atoms with Crippen molar-refractivity contribution in [3.05, 3.63) is 36.0 Å². The summed E-state index contributed by atoms with van der Waals surface area (Å²) in [6.45, 7) is 0. The lowest BCUT2D eigenvalue weighted by atomic mass is 10.2. The van der Waals surface area contributed by atoms with E-state index < -0.39 is 5.97 Å². The maximum absolute atomic E-state index is 10.8. The highest BCUT2D eigenvalue weighted by Gasteiger charge is 2.03. The number of rotatable bonds is 2. The molecule has 1 heterocycles. The molecule has 1 aromatic heterocycles. The topological polar surface area (TPSA) is 53.1 Å². The molecule has 0 radical (unpaired) electrons. The number of benzene rings is 1. The number of carboxylic acid groups (broad SMARTS) is 1. The van der Waals surface area contributed by atoms with E-state index in [0.717, 1.165) is 16.6 Å². The standard InChI is InChI=1S/C10H9NO2/c12-10(13)6-8-5-7-3-1-2-4-9(7)11-8/h1-5,11H,6H2,(H,12,13)/i/hD. The van der Waals surface area contributed by atoms with Gasteiger partial charge < -0.3 is 10.1 Å². The number of nitrogens with one attached hydrogen (secondary N) is 1. The van der Waals surface area contributed by atoms with Crippen LogP contribution in [0.2, 0.25) is 0 Å². The molecule has 3 nitrogen and oxygen atoms in total. The average Bonchev–Trinajstić information content (AvgIpc) is 2.59. The van der Waals surface area contributed by atoms with Crippen LogP contribution >= 0.6 is 0 Å². The van der Waals surface area contributed by atoms with Crippen molar-refractivity contribution in [2.45, 2.75) is 6.42 Å². The molecule has 0 saturated heterocycles. The van der Waals surface area contributed by atoms with Crippen LogP contribution in [0.25, 0.3) is 12.3 Å². The van der Waals surface area contributed by atoms with E-state index in [2.05, 4.69) is 10.1 Å². The number of aliphatic carboxylic acids is 1. The Kier molecular flexibility index (Phi) is 1.52. The summed E-state index contributed by atoms with van der Waals surface area (Å²) in [4.78, 5) is 13.9. The van der Waals surface area contributed by atoms with Gasteiger partial charge in [0.25, 0.3) is 1.43 Å². The highest BCUT2D eigenvalue weighted by Crippen LogP contribution is 2.14. The fraction of sp³-hybridized carbons (Fsp3) is 0.100. The van der Waals surface area contributed by atoms with Gasteiger partial charge in [0.2, 0.25) is 0 Å². The zero-order valence-electron chi connectivity index (χ0n) is 7.91. The van der Waals surface area contributed by atoms with Crippen LogP contribution in [0.5, 0.6) is 0 Å². The van der Waals surface area contributed by atoms with Crippen molar-refractivity contribution >= 4 is 16.9 Å². The molecule has 0 saturated carbocycles. The molecule has 0 fully saturated rings. The van der Waals surface area contributed by atoms with Crippen molar-refractivity contribution in [3.8, 4) is 0 Å². The Morgan fingerprint density at radius 2 is 2.38 bits per heavy atom. The smallest absolute Gasteiger partial charge is 0.309 e. The van der Waals surface area contributed by atoms with Crippen LogP contribution < -0.4 is 0 Å². The zero-order chi connectivity index (χ0) is 9.97. The molecule has 0 amide bonds. The SMILES string of the molecule is [2H]OC(=O)Cc1cc2ccccc2[nH]1. The number of H-pyrrole nitrogens is 1. The van der Waals surface area contributed by atoms with Gasteiger partial charge in [-0.3, -0.25) is 4.79 Å². The Morgan fingerprint density at radius 3 is 3.15 bits per heavy atom. The monoisotopic (exact) mass is 176 g/mol. The first-order valence-corrected chi connectivity index (χ1v) is 4.02. The molecule has 0 spiro atoms. The predicted octanol–water partition coefficient (Wildman–Crippen LogP) is 1.79. The van der Waals surface area contributed by atoms with Crippen LogP contribution in [-0.4, -0.2) is 16.1 Å². The number of aromatic nitrogens is 1. The number of para-hydroxylation sites is 1. The largest absolute Gasteiger partial charge is 0.481 e. The van der Waals surface area contributed by atoms with Crippen LogP contribution in [0.4, 0.5) is 0 Å². The lowest BCUT2D eigenvalue weighted by molar-refractivity contribution is -0.136. The summed E-state index contributed by atoms with van der Waals surface area (Å²) in [5.74, 6) is -0.559. The number of carbonyl (C=O) groups is 1. The molecule has 0 unspecified atom stereocenters. The van der Waals surface area contributed by atoms with Gasteiger partial charge in [-0.15, -0.1) is 0 Å². The minimum Gasteiger partial charge on any atom is -0.481 e. The minimum atomic E-state index is -0.559. The lowest BCUT2D eigenvalue weighted by Crippen LogP contribution is -1.99. The van der Waals surface area contributed by atoms with Crippen molar-refractivity contribution in [2.24, 2.45) is 0 Å². The highest BCUT2D eigenvalue weighted by molar-refractivity contribution is 5.82. The first-order valence-electron chi connectivity index (χ1n) is 4.43. The lowest BCUT2D eigenvalue weighted by Gasteiger charge is -1.88. The molecule has 2 N–H and O–H groups in total. The summed E-state index contributed by atoms with van der Waals surface area (Å²) in [6.07, 6.45) is 0.109. The molecule has 13 heavy (non-hydrogen) atoms. The van der Waals surface area contributed by atoms with Crippen LogP contribution in [0.3, 0.4) is 0 Å². The number of hydrogen-bond donors (Lipinski definition) is 2. The summed E-state index contributed by atoms with van der Waals surface area (Å²) >= 11 is 0. The Hall–Kier alpha value is -1.77. The minimum absolute atomic E-state index is 0.109. The first-order chi connectivity index (χ1) is 6.79. The number of hydrogen-bond acceptors (Lipinski definition) is 2. The normalized spacial score (nSPS) is 11.2.